The zero-order chi connectivity index (χ0) is 15.5. The van der Waals surface area contributed by atoms with E-state index in [9.17, 15) is 0 Å². The third-order valence-corrected chi connectivity index (χ3v) is 3.90. The summed E-state index contributed by atoms with van der Waals surface area (Å²) in [5, 5.41) is 4.75. The van der Waals surface area contributed by atoms with Crippen LogP contribution in [0, 0.1) is 20.8 Å². The van der Waals surface area contributed by atoms with Crippen molar-refractivity contribution in [1.29, 1.82) is 0 Å². The number of aryl methyl sites for hydroxylation is 3. The predicted molar refractivity (Wildman–Crippen MR) is 85.5 cm³/mol. The summed E-state index contributed by atoms with van der Waals surface area (Å²) < 4.78 is 5.29. The van der Waals surface area contributed by atoms with Crippen LogP contribution in [0.3, 0.4) is 0 Å². The van der Waals surface area contributed by atoms with Gasteiger partial charge in [0.2, 0.25) is 11.7 Å². The minimum atomic E-state index is 0.557. The van der Waals surface area contributed by atoms with Crippen LogP contribution in [0.2, 0.25) is 0 Å². The van der Waals surface area contributed by atoms with E-state index in [-0.39, 0.29) is 0 Å². The van der Waals surface area contributed by atoms with Crippen molar-refractivity contribution in [3.05, 3.63) is 53.2 Å². The number of thioether (sulfide) groups is 1. The Morgan fingerprint density at radius 3 is 2.32 bits per heavy atom. The molecule has 0 unspecified atom stereocenters. The molecule has 0 N–H and O–H groups in total. The fraction of sp³-hybridized carbons (Fsp3) is 0.250. The van der Waals surface area contributed by atoms with Gasteiger partial charge in [0, 0.05) is 17.0 Å². The molecule has 0 aliphatic rings. The summed E-state index contributed by atoms with van der Waals surface area (Å²) >= 11 is 1.49. The Morgan fingerprint density at radius 1 is 0.955 bits per heavy atom. The lowest BCUT2D eigenvalue weighted by Gasteiger charge is -2.00. The predicted octanol–water partition coefficient (Wildman–Crippen LogP) is 3.74. The van der Waals surface area contributed by atoms with Crippen LogP contribution in [-0.4, -0.2) is 20.1 Å². The molecule has 6 heteroatoms. The summed E-state index contributed by atoms with van der Waals surface area (Å²) in [6.45, 7) is 5.97. The molecule has 0 fully saturated rings. The van der Waals surface area contributed by atoms with Crippen LogP contribution in [0.25, 0.3) is 11.4 Å². The van der Waals surface area contributed by atoms with Crippen LogP contribution < -0.4 is 0 Å². The van der Waals surface area contributed by atoms with Crippen LogP contribution in [0.5, 0.6) is 0 Å². The van der Waals surface area contributed by atoms with Crippen molar-refractivity contribution < 1.29 is 4.52 Å². The number of rotatable bonds is 4. The molecule has 0 radical (unpaired) electrons. The highest BCUT2D eigenvalue weighted by atomic mass is 32.2. The van der Waals surface area contributed by atoms with Crippen molar-refractivity contribution in [2.24, 2.45) is 0 Å². The van der Waals surface area contributed by atoms with E-state index in [1.807, 2.05) is 51.1 Å². The summed E-state index contributed by atoms with van der Waals surface area (Å²) in [5.41, 5.74) is 4.07. The molecule has 0 amide bonds. The van der Waals surface area contributed by atoms with Gasteiger partial charge in [-0.1, -0.05) is 46.7 Å². The molecule has 0 saturated carbocycles. The Kier molecular flexibility index (Phi) is 4.20. The quantitative estimate of drug-likeness (QED) is 0.540. The van der Waals surface area contributed by atoms with Crippen molar-refractivity contribution in [2.75, 3.05) is 0 Å². The molecule has 0 aliphatic heterocycles. The van der Waals surface area contributed by atoms with Crippen LogP contribution in [0.1, 0.15) is 22.8 Å². The second-order valence-corrected chi connectivity index (χ2v) is 6.04. The minimum Gasteiger partial charge on any atom is -0.338 e. The lowest BCUT2D eigenvalue weighted by atomic mass is 10.1. The van der Waals surface area contributed by atoms with E-state index >= 15 is 0 Å². The summed E-state index contributed by atoms with van der Waals surface area (Å²) in [7, 11) is 0. The van der Waals surface area contributed by atoms with Gasteiger partial charge in [-0.3, -0.25) is 0 Å². The second kappa shape index (κ2) is 6.27. The Labute approximate surface area is 133 Å². The first-order valence-corrected chi connectivity index (χ1v) is 7.93. The van der Waals surface area contributed by atoms with Crippen LogP contribution in [-0.2, 0) is 5.75 Å². The molecule has 112 valence electrons. The molecular weight excluding hydrogens is 296 g/mol. The van der Waals surface area contributed by atoms with Crippen molar-refractivity contribution in [3.63, 3.8) is 0 Å². The van der Waals surface area contributed by atoms with E-state index < -0.39 is 0 Å². The zero-order valence-corrected chi connectivity index (χ0v) is 13.5. The maximum atomic E-state index is 5.29. The topological polar surface area (TPSA) is 64.7 Å². The van der Waals surface area contributed by atoms with Crippen LogP contribution >= 0.6 is 11.8 Å². The molecule has 3 rings (SSSR count). The summed E-state index contributed by atoms with van der Waals surface area (Å²) in [6, 6.07) is 9.99. The second-order valence-electron chi connectivity index (χ2n) is 5.10. The van der Waals surface area contributed by atoms with Crippen molar-refractivity contribution >= 4 is 11.8 Å². The molecule has 2 heterocycles. The van der Waals surface area contributed by atoms with Gasteiger partial charge in [0.05, 0.1) is 5.75 Å². The van der Waals surface area contributed by atoms with Gasteiger partial charge in [-0.15, -0.1) is 0 Å². The standard InChI is InChI=1S/C16H16N4OS/c1-10-4-6-13(7-5-10)15-19-14(21-20-15)9-22-16-17-11(2)8-12(3)18-16/h4-8H,9H2,1-3H3. The zero-order valence-electron chi connectivity index (χ0n) is 12.7. The fourth-order valence-electron chi connectivity index (χ4n) is 2.02. The molecule has 0 saturated heterocycles. The first-order chi connectivity index (χ1) is 10.6. The highest BCUT2D eigenvalue weighted by Crippen LogP contribution is 2.21. The Bertz CT molecular complexity index is 763. The monoisotopic (exact) mass is 312 g/mol. The van der Waals surface area contributed by atoms with Crippen LogP contribution in [0.15, 0.2) is 40.0 Å². The van der Waals surface area contributed by atoms with E-state index in [2.05, 4.69) is 20.1 Å². The molecule has 2 aromatic heterocycles. The molecule has 0 atom stereocenters. The third kappa shape index (κ3) is 3.51. The number of hydrogen-bond acceptors (Lipinski definition) is 6. The Balaban J connectivity index is 1.70. The van der Waals surface area contributed by atoms with E-state index in [1.54, 1.807) is 0 Å². The van der Waals surface area contributed by atoms with Gasteiger partial charge in [0.15, 0.2) is 5.16 Å². The van der Waals surface area contributed by atoms with Gasteiger partial charge < -0.3 is 4.52 Å². The average molecular weight is 312 g/mol. The third-order valence-electron chi connectivity index (χ3n) is 3.06. The summed E-state index contributed by atoms with van der Waals surface area (Å²) in [6.07, 6.45) is 0. The van der Waals surface area contributed by atoms with Gasteiger partial charge in [0.1, 0.15) is 0 Å². The van der Waals surface area contributed by atoms with Crippen molar-refractivity contribution in [2.45, 2.75) is 31.7 Å². The normalized spacial score (nSPS) is 10.9. The Morgan fingerprint density at radius 2 is 1.64 bits per heavy atom. The first-order valence-electron chi connectivity index (χ1n) is 6.95. The molecule has 3 aromatic rings. The Hall–Kier alpha value is -2.21. The molecule has 0 spiro atoms. The molecule has 1 aromatic carbocycles. The van der Waals surface area contributed by atoms with Gasteiger partial charge in [-0.05, 0) is 26.8 Å². The number of hydrogen-bond donors (Lipinski definition) is 0. The highest BCUT2D eigenvalue weighted by molar-refractivity contribution is 7.98. The van der Waals surface area contributed by atoms with Gasteiger partial charge in [-0.25, -0.2) is 9.97 Å². The number of aromatic nitrogens is 4. The lowest BCUT2D eigenvalue weighted by Crippen LogP contribution is -1.93. The molecular formula is C16H16N4OS. The maximum Gasteiger partial charge on any atom is 0.237 e. The number of nitrogens with zero attached hydrogens (tertiary/aromatic N) is 4. The van der Waals surface area contributed by atoms with Gasteiger partial charge >= 0.3 is 0 Å². The molecule has 0 aliphatic carbocycles. The number of benzene rings is 1. The lowest BCUT2D eigenvalue weighted by molar-refractivity contribution is 0.391. The van der Waals surface area contributed by atoms with E-state index in [0.717, 1.165) is 22.1 Å². The molecule has 22 heavy (non-hydrogen) atoms. The minimum absolute atomic E-state index is 0.557. The first kappa shape index (κ1) is 14.7. The SMILES string of the molecule is Cc1ccc(-c2noc(CSc3nc(C)cc(C)n3)n2)cc1. The van der Waals surface area contributed by atoms with Crippen molar-refractivity contribution in [3.8, 4) is 11.4 Å². The molecule has 0 bridgehead atoms. The van der Waals surface area contributed by atoms with E-state index in [0.29, 0.717) is 17.5 Å². The smallest absolute Gasteiger partial charge is 0.237 e. The highest BCUT2D eigenvalue weighted by Gasteiger charge is 2.10. The largest absolute Gasteiger partial charge is 0.338 e. The summed E-state index contributed by atoms with van der Waals surface area (Å²) in [4.78, 5) is 13.2. The van der Waals surface area contributed by atoms with Gasteiger partial charge in [0.25, 0.3) is 0 Å². The van der Waals surface area contributed by atoms with Gasteiger partial charge in [-0.2, -0.15) is 4.98 Å². The fourth-order valence-corrected chi connectivity index (χ4v) is 2.80. The summed E-state index contributed by atoms with van der Waals surface area (Å²) in [5.74, 6) is 1.74. The van der Waals surface area contributed by atoms with Crippen LogP contribution in [0.4, 0.5) is 0 Å². The van der Waals surface area contributed by atoms with Crippen molar-refractivity contribution in [1.82, 2.24) is 20.1 Å². The molecule has 5 nitrogen and oxygen atoms in total. The van der Waals surface area contributed by atoms with E-state index in [4.69, 9.17) is 4.52 Å². The maximum absolute atomic E-state index is 5.29. The average Bonchev–Trinajstić information content (AvgIpc) is 2.94. The van der Waals surface area contributed by atoms with E-state index in [1.165, 1.54) is 17.3 Å².